The van der Waals surface area contributed by atoms with Gasteiger partial charge in [-0.05, 0) is 24.8 Å². The number of amides is 2. The molecule has 0 saturated carbocycles. The fourth-order valence-electron chi connectivity index (χ4n) is 2.22. The normalized spacial score (nSPS) is 11.7. The molecular weight excluding hydrogens is 336 g/mol. The summed E-state index contributed by atoms with van der Waals surface area (Å²) in [6.45, 7) is 5.98. The van der Waals surface area contributed by atoms with E-state index in [1.54, 1.807) is 6.92 Å². The number of ether oxygens (including phenoxy) is 2. The summed E-state index contributed by atoms with van der Waals surface area (Å²) in [4.78, 5) is 35.8. The lowest BCUT2D eigenvalue weighted by molar-refractivity contribution is -0.130. The molecule has 26 heavy (non-hydrogen) atoms. The molecule has 7 nitrogen and oxygen atoms in total. The van der Waals surface area contributed by atoms with Crippen LogP contribution < -0.4 is 10.6 Å². The number of ketones is 1. The van der Waals surface area contributed by atoms with Crippen LogP contribution in [-0.2, 0) is 25.7 Å². The zero-order chi connectivity index (χ0) is 19.4. The van der Waals surface area contributed by atoms with Gasteiger partial charge in [0.1, 0.15) is 19.8 Å². The van der Waals surface area contributed by atoms with E-state index in [0.29, 0.717) is 13.0 Å². The third kappa shape index (κ3) is 9.17. The Labute approximate surface area is 154 Å². The smallest absolute Gasteiger partial charge is 0.407 e. The fourth-order valence-corrected chi connectivity index (χ4v) is 2.22. The van der Waals surface area contributed by atoms with Crippen molar-refractivity contribution in [3.8, 4) is 0 Å². The van der Waals surface area contributed by atoms with Gasteiger partial charge in [0.15, 0.2) is 5.78 Å². The number of rotatable bonds is 11. The van der Waals surface area contributed by atoms with E-state index in [4.69, 9.17) is 9.47 Å². The summed E-state index contributed by atoms with van der Waals surface area (Å²) >= 11 is 0. The molecule has 0 aliphatic carbocycles. The summed E-state index contributed by atoms with van der Waals surface area (Å²) in [6.07, 6.45) is -0.180. The van der Waals surface area contributed by atoms with Gasteiger partial charge in [-0.25, -0.2) is 4.79 Å². The van der Waals surface area contributed by atoms with Crippen molar-refractivity contribution < 1.29 is 23.9 Å². The van der Waals surface area contributed by atoms with Crippen molar-refractivity contribution in [2.24, 2.45) is 5.92 Å². The third-order valence-electron chi connectivity index (χ3n) is 3.49. The van der Waals surface area contributed by atoms with Gasteiger partial charge in [-0.3, -0.25) is 9.59 Å². The standard InChI is InChI=1S/C19H28N2O5/c1-4-25-13-17(22)16(10-14(2)3)21-18(23)11-20-19(24)26-12-15-8-6-5-7-9-15/h5-9,14,16H,4,10-13H2,1-3H3,(H,20,24)(H,21,23). The number of nitrogens with one attached hydrogen (secondary N) is 2. The maximum absolute atomic E-state index is 12.1. The molecule has 2 N–H and O–H groups in total. The zero-order valence-electron chi connectivity index (χ0n) is 15.6. The van der Waals surface area contributed by atoms with Crippen LogP contribution in [0, 0.1) is 5.92 Å². The Kier molecular flexibility index (Phi) is 10.0. The topological polar surface area (TPSA) is 93.7 Å². The lowest BCUT2D eigenvalue weighted by Crippen LogP contribution is -2.47. The summed E-state index contributed by atoms with van der Waals surface area (Å²) in [7, 11) is 0. The summed E-state index contributed by atoms with van der Waals surface area (Å²) in [6, 6.07) is 8.60. The average molecular weight is 364 g/mol. The van der Waals surface area contributed by atoms with Crippen LogP contribution in [0.25, 0.3) is 0 Å². The second kappa shape index (κ2) is 12.0. The Hall–Kier alpha value is -2.41. The molecule has 1 aromatic rings. The molecule has 7 heteroatoms. The molecule has 144 valence electrons. The minimum absolute atomic E-state index is 0.0410. The lowest BCUT2D eigenvalue weighted by atomic mass is 10.0. The van der Waals surface area contributed by atoms with Crippen molar-refractivity contribution in [2.75, 3.05) is 19.8 Å². The quantitative estimate of drug-likeness (QED) is 0.627. The van der Waals surface area contributed by atoms with E-state index in [1.807, 2.05) is 44.2 Å². The van der Waals surface area contributed by atoms with E-state index in [2.05, 4.69) is 10.6 Å². The van der Waals surface area contributed by atoms with E-state index in [0.717, 1.165) is 5.56 Å². The van der Waals surface area contributed by atoms with Gasteiger partial charge in [0.2, 0.25) is 5.91 Å². The first-order valence-electron chi connectivity index (χ1n) is 8.76. The zero-order valence-corrected chi connectivity index (χ0v) is 15.6. The van der Waals surface area contributed by atoms with Gasteiger partial charge in [-0.15, -0.1) is 0 Å². The molecule has 0 saturated heterocycles. The van der Waals surface area contributed by atoms with Gasteiger partial charge < -0.3 is 20.1 Å². The molecule has 0 radical (unpaired) electrons. The molecular formula is C19H28N2O5. The van der Waals surface area contributed by atoms with Crippen molar-refractivity contribution in [1.29, 1.82) is 0 Å². The molecule has 1 unspecified atom stereocenters. The Morgan fingerprint density at radius 3 is 2.42 bits per heavy atom. The molecule has 0 heterocycles. The first-order valence-corrected chi connectivity index (χ1v) is 8.76. The van der Waals surface area contributed by atoms with Crippen LogP contribution in [0.1, 0.15) is 32.8 Å². The van der Waals surface area contributed by atoms with E-state index in [9.17, 15) is 14.4 Å². The summed E-state index contributed by atoms with van der Waals surface area (Å²) in [5, 5.41) is 5.03. The predicted octanol–water partition coefficient (Wildman–Crippen LogP) is 2.05. The van der Waals surface area contributed by atoms with Gasteiger partial charge in [0.25, 0.3) is 0 Å². The molecule has 0 fully saturated rings. The van der Waals surface area contributed by atoms with E-state index < -0.39 is 18.0 Å². The van der Waals surface area contributed by atoms with Crippen LogP contribution in [0.3, 0.4) is 0 Å². The van der Waals surface area contributed by atoms with Gasteiger partial charge in [0, 0.05) is 6.61 Å². The van der Waals surface area contributed by atoms with Crippen molar-refractivity contribution >= 4 is 17.8 Å². The summed E-state index contributed by atoms with van der Waals surface area (Å²) in [5.41, 5.74) is 0.852. The maximum atomic E-state index is 12.1. The first-order chi connectivity index (χ1) is 12.4. The second-order valence-electron chi connectivity index (χ2n) is 6.27. The maximum Gasteiger partial charge on any atom is 0.407 e. The lowest BCUT2D eigenvalue weighted by Gasteiger charge is -2.19. The third-order valence-corrected chi connectivity index (χ3v) is 3.49. The number of hydrogen-bond donors (Lipinski definition) is 2. The molecule has 0 bridgehead atoms. The molecule has 1 aromatic carbocycles. The fraction of sp³-hybridized carbons (Fsp3) is 0.526. The van der Waals surface area contributed by atoms with Crippen molar-refractivity contribution in [3.05, 3.63) is 35.9 Å². The molecule has 1 rings (SSSR count). The molecule has 0 spiro atoms. The van der Waals surface area contributed by atoms with Gasteiger partial charge in [0.05, 0.1) is 6.04 Å². The monoisotopic (exact) mass is 364 g/mol. The number of benzene rings is 1. The van der Waals surface area contributed by atoms with Crippen LogP contribution >= 0.6 is 0 Å². The Balaban J connectivity index is 2.38. The van der Waals surface area contributed by atoms with Crippen LogP contribution in [-0.4, -0.2) is 43.6 Å². The number of carbonyl (C=O) groups is 3. The van der Waals surface area contributed by atoms with Crippen LogP contribution in [0.5, 0.6) is 0 Å². The Morgan fingerprint density at radius 2 is 1.81 bits per heavy atom. The second-order valence-corrected chi connectivity index (χ2v) is 6.27. The highest BCUT2D eigenvalue weighted by Gasteiger charge is 2.22. The average Bonchev–Trinajstić information content (AvgIpc) is 2.62. The van der Waals surface area contributed by atoms with Crippen molar-refractivity contribution in [3.63, 3.8) is 0 Å². The highest BCUT2D eigenvalue weighted by atomic mass is 16.5. The van der Waals surface area contributed by atoms with Gasteiger partial charge >= 0.3 is 6.09 Å². The Bertz CT molecular complexity index is 575. The van der Waals surface area contributed by atoms with Crippen LogP contribution in [0.2, 0.25) is 0 Å². The highest BCUT2D eigenvalue weighted by Crippen LogP contribution is 2.06. The molecule has 0 aliphatic rings. The number of carbonyl (C=O) groups excluding carboxylic acids is 3. The van der Waals surface area contributed by atoms with Crippen LogP contribution in [0.15, 0.2) is 30.3 Å². The van der Waals surface area contributed by atoms with Gasteiger partial charge in [-0.2, -0.15) is 0 Å². The molecule has 1 atom stereocenters. The van der Waals surface area contributed by atoms with E-state index >= 15 is 0 Å². The summed E-state index contributed by atoms with van der Waals surface area (Å²) < 4.78 is 10.2. The minimum Gasteiger partial charge on any atom is -0.445 e. The van der Waals surface area contributed by atoms with Crippen molar-refractivity contribution in [1.82, 2.24) is 10.6 Å². The minimum atomic E-state index is -0.690. The largest absolute Gasteiger partial charge is 0.445 e. The molecule has 2 amide bonds. The predicted molar refractivity (Wildman–Crippen MR) is 97.5 cm³/mol. The molecule has 0 aromatic heterocycles. The van der Waals surface area contributed by atoms with Crippen LogP contribution in [0.4, 0.5) is 4.79 Å². The van der Waals surface area contributed by atoms with Gasteiger partial charge in [-0.1, -0.05) is 44.2 Å². The molecule has 0 aliphatic heterocycles. The Morgan fingerprint density at radius 1 is 1.12 bits per heavy atom. The van der Waals surface area contributed by atoms with E-state index in [-0.39, 0.29) is 31.5 Å². The number of alkyl carbamates (subject to hydrolysis) is 1. The number of hydrogen-bond acceptors (Lipinski definition) is 5. The highest BCUT2D eigenvalue weighted by molar-refractivity contribution is 5.91. The number of Topliss-reactive ketones (excluding diaryl/α,β-unsaturated/α-hetero) is 1. The summed E-state index contributed by atoms with van der Waals surface area (Å²) in [5.74, 6) is -0.396. The SMILES string of the molecule is CCOCC(=O)C(CC(C)C)NC(=O)CNC(=O)OCc1ccccc1. The van der Waals surface area contributed by atoms with E-state index in [1.165, 1.54) is 0 Å². The first kappa shape index (κ1) is 21.6. The van der Waals surface area contributed by atoms with Crippen molar-refractivity contribution in [2.45, 2.75) is 39.8 Å².